The fourth-order valence-corrected chi connectivity index (χ4v) is 2.29. The average molecular weight is 309 g/mol. The first-order chi connectivity index (χ1) is 6.18. The molecule has 70 valence electrons. The summed E-state index contributed by atoms with van der Waals surface area (Å²) in [5.41, 5.74) is 0. The molecule has 5 heteroatoms. The third-order valence-corrected chi connectivity index (χ3v) is 2.82. The van der Waals surface area contributed by atoms with Crippen LogP contribution in [0.1, 0.15) is 6.42 Å². The lowest BCUT2D eigenvalue weighted by atomic mass is 10.5. The number of carboxylic acid groups (broad SMARTS) is 1. The summed E-state index contributed by atoms with van der Waals surface area (Å²) >= 11 is 3.69. The maximum Gasteiger partial charge on any atom is 0.304 e. The van der Waals surface area contributed by atoms with E-state index in [-0.39, 0.29) is 6.42 Å². The number of pyridine rings is 1. The molecule has 0 spiro atoms. The normalized spacial score (nSPS) is 9.92. The molecule has 0 aliphatic rings. The highest BCUT2D eigenvalue weighted by molar-refractivity contribution is 14.1. The van der Waals surface area contributed by atoms with Gasteiger partial charge in [0.25, 0.3) is 0 Å². The van der Waals surface area contributed by atoms with E-state index in [2.05, 4.69) is 27.6 Å². The molecule has 1 heterocycles. The second-order valence-electron chi connectivity index (χ2n) is 2.33. The van der Waals surface area contributed by atoms with Crippen molar-refractivity contribution in [1.29, 1.82) is 0 Å². The highest BCUT2D eigenvalue weighted by Gasteiger charge is 1.99. The second-order valence-corrected chi connectivity index (χ2v) is 4.75. The van der Waals surface area contributed by atoms with Crippen LogP contribution in [0.5, 0.6) is 0 Å². The Labute approximate surface area is 94.1 Å². The van der Waals surface area contributed by atoms with E-state index in [4.69, 9.17) is 5.11 Å². The Morgan fingerprint density at radius 1 is 1.62 bits per heavy atom. The molecular formula is C8H8INO2S. The Morgan fingerprint density at radius 3 is 3.00 bits per heavy atom. The fraction of sp³-hybridized carbons (Fsp3) is 0.250. The number of hydrogen-bond acceptors (Lipinski definition) is 3. The molecule has 0 saturated carbocycles. The molecule has 0 unspecified atom stereocenters. The zero-order chi connectivity index (χ0) is 9.68. The summed E-state index contributed by atoms with van der Waals surface area (Å²) < 4.78 is 1.07. The average Bonchev–Trinajstić information content (AvgIpc) is 2.03. The van der Waals surface area contributed by atoms with Gasteiger partial charge >= 0.3 is 5.97 Å². The van der Waals surface area contributed by atoms with Crippen LogP contribution >= 0.6 is 34.4 Å². The number of nitrogens with zero attached hydrogens (tertiary/aromatic N) is 1. The van der Waals surface area contributed by atoms with Crippen molar-refractivity contribution in [2.24, 2.45) is 0 Å². The lowest BCUT2D eigenvalue weighted by molar-refractivity contribution is -0.136. The van der Waals surface area contributed by atoms with Crippen molar-refractivity contribution in [3.05, 3.63) is 22.0 Å². The fourth-order valence-electron chi connectivity index (χ4n) is 0.727. The Kier molecular flexibility index (Phi) is 4.51. The van der Waals surface area contributed by atoms with Crippen LogP contribution in [0.4, 0.5) is 0 Å². The molecule has 13 heavy (non-hydrogen) atoms. The summed E-state index contributed by atoms with van der Waals surface area (Å²) in [6.45, 7) is 0. The number of rotatable bonds is 4. The minimum absolute atomic E-state index is 0.191. The maximum atomic E-state index is 10.2. The minimum Gasteiger partial charge on any atom is -0.481 e. The van der Waals surface area contributed by atoms with Gasteiger partial charge in [0.05, 0.1) is 6.42 Å². The van der Waals surface area contributed by atoms with Gasteiger partial charge in [-0.1, -0.05) is 0 Å². The van der Waals surface area contributed by atoms with Crippen molar-refractivity contribution in [3.8, 4) is 0 Å². The number of hydrogen-bond donors (Lipinski definition) is 1. The standard InChI is InChI=1S/C8H8INO2S/c9-6-3-7(5-10-4-6)13-2-1-8(11)12/h3-5H,1-2H2,(H,11,12). The topological polar surface area (TPSA) is 50.2 Å². The molecule has 0 atom stereocenters. The molecule has 1 aromatic heterocycles. The SMILES string of the molecule is O=C(O)CCSc1cncc(I)c1. The second kappa shape index (κ2) is 5.43. The van der Waals surface area contributed by atoms with Crippen LogP contribution in [0.2, 0.25) is 0 Å². The first kappa shape index (κ1) is 10.8. The van der Waals surface area contributed by atoms with E-state index < -0.39 is 5.97 Å². The summed E-state index contributed by atoms with van der Waals surface area (Å²) in [6, 6.07) is 1.99. The van der Waals surface area contributed by atoms with E-state index in [1.54, 1.807) is 12.4 Å². The number of aliphatic carboxylic acids is 1. The third-order valence-electron chi connectivity index (χ3n) is 1.26. The smallest absolute Gasteiger partial charge is 0.304 e. The van der Waals surface area contributed by atoms with Gasteiger partial charge in [-0.05, 0) is 28.7 Å². The highest BCUT2D eigenvalue weighted by atomic mass is 127. The molecular weight excluding hydrogens is 301 g/mol. The van der Waals surface area contributed by atoms with Crippen LogP contribution in [-0.2, 0) is 4.79 Å². The Hall–Kier alpha value is -0.300. The summed E-state index contributed by atoms with van der Waals surface area (Å²) in [4.78, 5) is 15.3. The van der Waals surface area contributed by atoms with Crippen molar-refractivity contribution in [3.63, 3.8) is 0 Å². The summed E-state index contributed by atoms with van der Waals surface area (Å²) in [5.74, 6) is -0.164. The summed E-state index contributed by atoms with van der Waals surface area (Å²) in [5, 5.41) is 8.42. The van der Waals surface area contributed by atoms with Crippen LogP contribution < -0.4 is 0 Å². The van der Waals surface area contributed by atoms with Gasteiger partial charge in [-0.15, -0.1) is 11.8 Å². The largest absolute Gasteiger partial charge is 0.481 e. The lowest BCUT2D eigenvalue weighted by Gasteiger charge is -1.98. The van der Waals surface area contributed by atoms with Crippen molar-refractivity contribution >= 4 is 40.3 Å². The number of carbonyl (C=O) groups is 1. The van der Waals surface area contributed by atoms with Crippen molar-refractivity contribution in [2.75, 3.05) is 5.75 Å². The molecule has 0 fully saturated rings. The molecule has 3 nitrogen and oxygen atoms in total. The van der Waals surface area contributed by atoms with Crippen LogP contribution in [-0.4, -0.2) is 21.8 Å². The van der Waals surface area contributed by atoms with Gasteiger partial charge in [0.15, 0.2) is 0 Å². The van der Waals surface area contributed by atoms with E-state index in [9.17, 15) is 4.79 Å². The molecule has 0 aliphatic carbocycles. The Bertz CT molecular complexity index is 306. The highest BCUT2D eigenvalue weighted by Crippen LogP contribution is 2.19. The molecule has 0 saturated heterocycles. The summed E-state index contributed by atoms with van der Waals surface area (Å²) in [7, 11) is 0. The number of thioether (sulfide) groups is 1. The monoisotopic (exact) mass is 309 g/mol. The minimum atomic E-state index is -0.758. The molecule has 1 aromatic rings. The van der Waals surface area contributed by atoms with Gasteiger partial charge in [-0.2, -0.15) is 0 Å². The molecule has 0 aliphatic heterocycles. The molecule has 1 N–H and O–H groups in total. The van der Waals surface area contributed by atoms with Crippen LogP contribution in [0.15, 0.2) is 23.4 Å². The quantitative estimate of drug-likeness (QED) is 0.685. The van der Waals surface area contributed by atoms with E-state index in [0.29, 0.717) is 5.75 Å². The van der Waals surface area contributed by atoms with Gasteiger partial charge in [0.1, 0.15) is 0 Å². The van der Waals surface area contributed by atoms with Crippen molar-refractivity contribution in [2.45, 2.75) is 11.3 Å². The first-order valence-electron chi connectivity index (χ1n) is 3.63. The zero-order valence-corrected chi connectivity index (χ0v) is 9.71. The lowest BCUT2D eigenvalue weighted by Crippen LogP contribution is -1.95. The van der Waals surface area contributed by atoms with Crippen molar-refractivity contribution in [1.82, 2.24) is 4.98 Å². The van der Waals surface area contributed by atoms with Gasteiger partial charge in [0.2, 0.25) is 0 Å². The maximum absolute atomic E-state index is 10.2. The zero-order valence-electron chi connectivity index (χ0n) is 6.74. The third kappa shape index (κ3) is 4.47. The molecule has 0 aromatic carbocycles. The first-order valence-corrected chi connectivity index (χ1v) is 5.70. The predicted octanol–water partition coefficient (Wildman–Crippen LogP) is 2.25. The van der Waals surface area contributed by atoms with Crippen LogP contribution in [0.3, 0.4) is 0 Å². The molecule has 1 rings (SSSR count). The van der Waals surface area contributed by atoms with E-state index in [0.717, 1.165) is 8.47 Å². The van der Waals surface area contributed by atoms with Gasteiger partial charge in [-0.25, -0.2) is 0 Å². The number of halogens is 1. The van der Waals surface area contributed by atoms with Gasteiger partial charge < -0.3 is 5.11 Å². The number of aromatic nitrogens is 1. The van der Waals surface area contributed by atoms with E-state index in [1.807, 2.05) is 6.07 Å². The van der Waals surface area contributed by atoms with Crippen LogP contribution in [0, 0.1) is 3.57 Å². The van der Waals surface area contributed by atoms with Gasteiger partial charge in [0, 0.05) is 26.6 Å². The van der Waals surface area contributed by atoms with Crippen LogP contribution in [0.25, 0.3) is 0 Å². The predicted molar refractivity (Wildman–Crippen MR) is 59.9 cm³/mol. The number of carboxylic acids is 1. The molecule has 0 bridgehead atoms. The van der Waals surface area contributed by atoms with E-state index in [1.165, 1.54) is 11.8 Å². The molecule has 0 amide bonds. The Morgan fingerprint density at radius 2 is 2.38 bits per heavy atom. The molecule has 0 radical (unpaired) electrons. The Balaban J connectivity index is 2.41. The van der Waals surface area contributed by atoms with Crippen molar-refractivity contribution < 1.29 is 9.90 Å². The van der Waals surface area contributed by atoms with E-state index >= 15 is 0 Å². The van der Waals surface area contributed by atoms with Gasteiger partial charge in [-0.3, -0.25) is 9.78 Å². The summed E-state index contributed by atoms with van der Waals surface area (Å²) in [6.07, 6.45) is 3.70.